The maximum Gasteiger partial charge on any atom is 0.319 e. The van der Waals surface area contributed by atoms with Crippen molar-refractivity contribution in [3.05, 3.63) is 64.1 Å². The van der Waals surface area contributed by atoms with Crippen LogP contribution in [0.2, 0.25) is 10.0 Å². The van der Waals surface area contributed by atoms with Gasteiger partial charge in [-0.15, -0.1) is 0 Å². The molecular weight excluding hydrogens is 339 g/mol. The summed E-state index contributed by atoms with van der Waals surface area (Å²) in [6, 6.07) is 14.8. The normalized spacial score (nSPS) is 10.3. The Bertz CT molecular complexity index is 623. The SMILES string of the molecule is O=C(NCCSCc1ccc(Cl)c(Cl)c1)Nc1ccccc1. The Labute approximate surface area is 144 Å². The molecule has 6 heteroatoms. The van der Waals surface area contributed by atoms with E-state index in [0.29, 0.717) is 16.6 Å². The van der Waals surface area contributed by atoms with Gasteiger partial charge in [0.05, 0.1) is 10.0 Å². The van der Waals surface area contributed by atoms with Gasteiger partial charge in [0.15, 0.2) is 0 Å². The van der Waals surface area contributed by atoms with Gasteiger partial charge in [-0.1, -0.05) is 47.5 Å². The molecule has 2 aromatic rings. The zero-order valence-corrected chi connectivity index (χ0v) is 14.1. The first-order valence-electron chi connectivity index (χ1n) is 6.77. The summed E-state index contributed by atoms with van der Waals surface area (Å²) < 4.78 is 0. The molecule has 3 nitrogen and oxygen atoms in total. The number of nitrogens with one attached hydrogen (secondary N) is 2. The Hall–Kier alpha value is -1.36. The summed E-state index contributed by atoms with van der Waals surface area (Å²) in [5.74, 6) is 1.65. The zero-order valence-electron chi connectivity index (χ0n) is 11.8. The number of para-hydroxylation sites is 1. The molecule has 2 aromatic carbocycles. The van der Waals surface area contributed by atoms with Crippen molar-refractivity contribution in [2.24, 2.45) is 0 Å². The Balaban J connectivity index is 1.62. The van der Waals surface area contributed by atoms with E-state index in [1.807, 2.05) is 42.5 Å². The van der Waals surface area contributed by atoms with Gasteiger partial charge < -0.3 is 10.6 Å². The van der Waals surface area contributed by atoms with Crippen LogP contribution in [0.5, 0.6) is 0 Å². The number of anilines is 1. The molecule has 0 spiro atoms. The fraction of sp³-hybridized carbons (Fsp3) is 0.188. The fourth-order valence-corrected chi connectivity index (χ4v) is 2.88. The topological polar surface area (TPSA) is 41.1 Å². The predicted octanol–water partition coefficient (Wildman–Crippen LogP) is 5.05. The molecule has 0 bridgehead atoms. The Morgan fingerprint density at radius 3 is 2.55 bits per heavy atom. The van der Waals surface area contributed by atoms with E-state index < -0.39 is 0 Å². The molecule has 0 aliphatic carbocycles. The lowest BCUT2D eigenvalue weighted by molar-refractivity contribution is 0.252. The van der Waals surface area contributed by atoms with Crippen molar-refractivity contribution in [3.63, 3.8) is 0 Å². The number of hydrogen-bond donors (Lipinski definition) is 2. The van der Waals surface area contributed by atoms with Gasteiger partial charge in [0.1, 0.15) is 0 Å². The molecule has 0 radical (unpaired) electrons. The summed E-state index contributed by atoms with van der Waals surface area (Å²) in [4.78, 5) is 11.7. The van der Waals surface area contributed by atoms with Crippen molar-refractivity contribution in [1.29, 1.82) is 0 Å². The quantitative estimate of drug-likeness (QED) is 0.712. The van der Waals surface area contributed by atoms with Crippen LogP contribution in [0, 0.1) is 0 Å². The molecule has 0 atom stereocenters. The van der Waals surface area contributed by atoms with E-state index in [-0.39, 0.29) is 6.03 Å². The van der Waals surface area contributed by atoms with Crippen molar-refractivity contribution < 1.29 is 4.79 Å². The smallest absolute Gasteiger partial charge is 0.319 e. The molecule has 0 aromatic heterocycles. The number of amides is 2. The number of halogens is 2. The minimum absolute atomic E-state index is 0.193. The van der Waals surface area contributed by atoms with Crippen LogP contribution in [0.15, 0.2) is 48.5 Å². The van der Waals surface area contributed by atoms with Crippen molar-refractivity contribution in [1.82, 2.24) is 5.32 Å². The zero-order chi connectivity index (χ0) is 15.8. The molecule has 0 aliphatic heterocycles. The van der Waals surface area contributed by atoms with Crippen LogP contribution < -0.4 is 10.6 Å². The third kappa shape index (κ3) is 5.79. The molecule has 2 N–H and O–H groups in total. The summed E-state index contributed by atoms with van der Waals surface area (Å²) in [5.41, 5.74) is 1.90. The minimum atomic E-state index is -0.193. The molecule has 0 saturated carbocycles. The van der Waals surface area contributed by atoms with Gasteiger partial charge in [0, 0.05) is 23.7 Å². The lowest BCUT2D eigenvalue weighted by atomic mass is 10.2. The second-order valence-electron chi connectivity index (χ2n) is 4.55. The van der Waals surface area contributed by atoms with Crippen LogP contribution in [-0.4, -0.2) is 18.3 Å². The summed E-state index contributed by atoms with van der Waals surface area (Å²) in [7, 11) is 0. The number of benzene rings is 2. The molecule has 0 aliphatic rings. The third-order valence-electron chi connectivity index (χ3n) is 2.82. The predicted molar refractivity (Wildman–Crippen MR) is 96.1 cm³/mol. The summed E-state index contributed by atoms with van der Waals surface area (Å²) in [6.45, 7) is 0.602. The highest BCUT2D eigenvalue weighted by atomic mass is 35.5. The van der Waals surface area contributed by atoms with Gasteiger partial charge in [-0.3, -0.25) is 0 Å². The molecule has 0 heterocycles. The lowest BCUT2D eigenvalue weighted by Crippen LogP contribution is -2.30. The molecular formula is C16H16Cl2N2OS. The first-order chi connectivity index (χ1) is 10.6. The van der Waals surface area contributed by atoms with Crippen LogP contribution in [0.25, 0.3) is 0 Å². The average Bonchev–Trinajstić information content (AvgIpc) is 2.51. The molecule has 0 unspecified atom stereocenters. The lowest BCUT2D eigenvalue weighted by Gasteiger charge is -2.07. The second kappa shape index (κ2) is 8.93. The van der Waals surface area contributed by atoms with Gasteiger partial charge in [-0.25, -0.2) is 4.79 Å². The number of hydrogen-bond acceptors (Lipinski definition) is 2. The second-order valence-corrected chi connectivity index (χ2v) is 6.47. The highest BCUT2D eigenvalue weighted by molar-refractivity contribution is 7.98. The highest BCUT2D eigenvalue weighted by Gasteiger charge is 2.02. The third-order valence-corrected chi connectivity index (χ3v) is 4.59. The maximum atomic E-state index is 11.7. The highest BCUT2D eigenvalue weighted by Crippen LogP contribution is 2.24. The minimum Gasteiger partial charge on any atom is -0.337 e. The summed E-state index contributed by atoms with van der Waals surface area (Å²) in [6.07, 6.45) is 0. The van der Waals surface area contributed by atoms with Gasteiger partial charge in [-0.2, -0.15) is 11.8 Å². The maximum absolute atomic E-state index is 11.7. The van der Waals surface area contributed by atoms with E-state index in [4.69, 9.17) is 23.2 Å². The first-order valence-corrected chi connectivity index (χ1v) is 8.68. The Kier molecular flexibility index (Phi) is 6.90. The monoisotopic (exact) mass is 354 g/mol. The molecule has 0 fully saturated rings. The van der Waals surface area contributed by atoms with E-state index in [0.717, 1.165) is 22.8 Å². The molecule has 2 amide bonds. The standard InChI is InChI=1S/C16H16Cl2N2OS/c17-14-7-6-12(10-15(14)18)11-22-9-8-19-16(21)20-13-4-2-1-3-5-13/h1-7,10H,8-9,11H2,(H2,19,20,21). The van der Waals surface area contributed by atoms with Crippen LogP contribution in [0.4, 0.5) is 10.5 Å². The van der Waals surface area contributed by atoms with E-state index in [1.165, 1.54) is 0 Å². The van der Waals surface area contributed by atoms with Crippen LogP contribution >= 0.6 is 35.0 Å². The molecule has 0 saturated heterocycles. The number of carbonyl (C=O) groups is 1. The van der Waals surface area contributed by atoms with Crippen molar-refractivity contribution >= 4 is 46.7 Å². The van der Waals surface area contributed by atoms with E-state index in [9.17, 15) is 4.79 Å². The Morgan fingerprint density at radius 2 is 1.82 bits per heavy atom. The number of urea groups is 1. The summed E-state index contributed by atoms with van der Waals surface area (Å²) >= 11 is 13.6. The van der Waals surface area contributed by atoms with E-state index >= 15 is 0 Å². The van der Waals surface area contributed by atoms with Crippen molar-refractivity contribution in [2.75, 3.05) is 17.6 Å². The average molecular weight is 355 g/mol. The largest absolute Gasteiger partial charge is 0.337 e. The van der Waals surface area contributed by atoms with Gasteiger partial charge in [0.25, 0.3) is 0 Å². The van der Waals surface area contributed by atoms with E-state index in [1.54, 1.807) is 17.8 Å². The summed E-state index contributed by atoms with van der Waals surface area (Å²) in [5, 5.41) is 6.73. The molecule has 2 rings (SSSR count). The van der Waals surface area contributed by atoms with Crippen LogP contribution in [0.1, 0.15) is 5.56 Å². The number of carbonyl (C=O) groups excluding carboxylic acids is 1. The number of thioether (sulfide) groups is 1. The molecule has 22 heavy (non-hydrogen) atoms. The fourth-order valence-electron chi connectivity index (χ4n) is 1.75. The van der Waals surface area contributed by atoms with E-state index in [2.05, 4.69) is 10.6 Å². The van der Waals surface area contributed by atoms with Gasteiger partial charge in [0.2, 0.25) is 0 Å². The first kappa shape index (κ1) is 17.0. The van der Waals surface area contributed by atoms with Gasteiger partial charge >= 0.3 is 6.03 Å². The van der Waals surface area contributed by atoms with Crippen LogP contribution in [0.3, 0.4) is 0 Å². The van der Waals surface area contributed by atoms with Gasteiger partial charge in [-0.05, 0) is 29.8 Å². The van der Waals surface area contributed by atoms with Crippen molar-refractivity contribution in [2.45, 2.75) is 5.75 Å². The molecule has 116 valence electrons. The Morgan fingerprint density at radius 1 is 1.05 bits per heavy atom. The number of rotatable bonds is 6. The van der Waals surface area contributed by atoms with Crippen molar-refractivity contribution in [3.8, 4) is 0 Å². The van der Waals surface area contributed by atoms with Crippen LogP contribution in [-0.2, 0) is 5.75 Å².